The fourth-order valence-electron chi connectivity index (χ4n) is 2.76. The number of oxazole rings is 1. The number of amides is 1. The van der Waals surface area contributed by atoms with Crippen LogP contribution >= 0.6 is 0 Å². The van der Waals surface area contributed by atoms with Crippen molar-refractivity contribution in [3.63, 3.8) is 0 Å². The normalized spacial score (nSPS) is 10.9. The molecule has 7 nitrogen and oxygen atoms in total. The van der Waals surface area contributed by atoms with Gasteiger partial charge in [0.2, 0.25) is 5.89 Å². The molecule has 2 aromatic carbocycles. The highest BCUT2D eigenvalue weighted by molar-refractivity contribution is 6.00. The van der Waals surface area contributed by atoms with Gasteiger partial charge in [0.25, 0.3) is 5.91 Å². The van der Waals surface area contributed by atoms with Gasteiger partial charge in [-0.15, -0.1) is 0 Å². The van der Waals surface area contributed by atoms with Gasteiger partial charge >= 0.3 is 0 Å². The average molecular weight is 363 g/mol. The van der Waals surface area contributed by atoms with E-state index in [0.717, 1.165) is 11.3 Å². The minimum Gasteiger partial charge on any atom is -0.497 e. The van der Waals surface area contributed by atoms with Crippen LogP contribution < -0.4 is 4.74 Å². The van der Waals surface area contributed by atoms with Crippen molar-refractivity contribution in [2.75, 3.05) is 21.2 Å². The second-order valence-corrected chi connectivity index (χ2v) is 6.21. The molecule has 0 N–H and O–H groups in total. The molecule has 2 aromatic heterocycles. The van der Waals surface area contributed by atoms with Crippen molar-refractivity contribution in [1.82, 2.24) is 15.0 Å². The lowest BCUT2D eigenvalue weighted by molar-refractivity contribution is 0.0828. The summed E-state index contributed by atoms with van der Waals surface area (Å²) in [6.45, 7) is 0. The topological polar surface area (TPSA) is 81.6 Å². The third-order valence-corrected chi connectivity index (χ3v) is 4.21. The van der Waals surface area contributed by atoms with Crippen LogP contribution in [0.4, 0.5) is 0 Å². The standard InChI is InChI=1S/C20H17N3O4/c1-23(2)20(24)13-6-9-17-15(10-13)18(22-27-17)16-11-26-19(21-16)12-4-7-14(25-3)8-5-12/h4-11H,1-3H3. The van der Waals surface area contributed by atoms with Gasteiger partial charge in [0.15, 0.2) is 5.58 Å². The Kier molecular flexibility index (Phi) is 4.12. The van der Waals surface area contributed by atoms with E-state index in [1.54, 1.807) is 39.4 Å². The average Bonchev–Trinajstić information content (AvgIpc) is 3.33. The molecular weight excluding hydrogens is 346 g/mol. The highest BCUT2D eigenvalue weighted by atomic mass is 16.5. The number of hydrogen-bond acceptors (Lipinski definition) is 6. The lowest BCUT2D eigenvalue weighted by atomic mass is 10.1. The van der Waals surface area contributed by atoms with Gasteiger partial charge in [-0.3, -0.25) is 4.79 Å². The van der Waals surface area contributed by atoms with Crippen LogP contribution in [0.5, 0.6) is 5.75 Å². The van der Waals surface area contributed by atoms with Crippen LogP contribution in [-0.2, 0) is 0 Å². The summed E-state index contributed by atoms with van der Waals surface area (Å²) in [7, 11) is 5.03. The number of rotatable bonds is 4. The first kappa shape index (κ1) is 16.8. The predicted molar refractivity (Wildman–Crippen MR) is 99.5 cm³/mol. The summed E-state index contributed by atoms with van der Waals surface area (Å²) in [4.78, 5) is 18.3. The van der Waals surface area contributed by atoms with Crippen LogP contribution in [0, 0.1) is 0 Å². The maximum atomic E-state index is 12.2. The molecule has 27 heavy (non-hydrogen) atoms. The first-order valence-corrected chi connectivity index (χ1v) is 8.28. The Morgan fingerprint density at radius 3 is 2.59 bits per heavy atom. The molecule has 0 atom stereocenters. The molecule has 0 saturated carbocycles. The molecule has 0 radical (unpaired) electrons. The Morgan fingerprint density at radius 2 is 1.89 bits per heavy atom. The molecule has 7 heteroatoms. The van der Waals surface area contributed by atoms with Crippen molar-refractivity contribution < 1.29 is 18.5 Å². The number of ether oxygens (including phenoxy) is 1. The Labute approximate surface area is 155 Å². The van der Waals surface area contributed by atoms with Gasteiger partial charge < -0.3 is 18.6 Å². The molecule has 0 aliphatic carbocycles. The van der Waals surface area contributed by atoms with Crippen molar-refractivity contribution in [3.05, 3.63) is 54.3 Å². The second kappa shape index (κ2) is 6.60. The highest BCUT2D eigenvalue weighted by Crippen LogP contribution is 2.31. The van der Waals surface area contributed by atoms with Crippen molar-refractivity contribution in [3.8, 4) is 28.6 Å². The van der Waals surface area contributed by atoms with Gasteiger partial charge in [-0.25, -0.2) is 4.98 Å². The zero-order valence-electron chi connectivity index (χ0n) is 15.1. The van der Waals surface area contributed by atoms with Crippen molar-refractivity contribution >= 4 is 16.9 Å². The Balaban J connectivity index is 1.73. The monoisotopic (exact) mass is 363 g/mol. The van der Waals surface area contributed by atoms with Crippen molar-refractivity contribution in [2.45, 2.75) is 0 Å². The van der Waals surface area contributed by atoms with Gasteiger partial charge in [0, 0.05) is 25.2 Å². The van der Waals surface area contributed by atoms with E-state index in [1.807, 2.05) is 24.3 Å². The van der Waals surface area contributed by atoms with Gasteiger partial charge in [-0.2, -0.15) is 0 Å². The van der Waals surface area contributed by atoms with E-state index in [1.165, 1.54) is 11.2 Å². The summed E-state index contributed by atoms with van der Waals surface area (Å²) in [5.74, 6) is 1.12. The number of carbonyl (C=O) groups excluding carboxylic acids is 1. The Bertz CT molecular complexity index is 1110. The summed E-state index contributed by atoms with van der Waals surface area (Å²) in [6.07, 6.45) is 1.53. The number of carbonyl (C=O) groups is 1. The quantitative estimate of drug-likeness (QED) is 0.548. The second-order valence-electron chi connectivity index (χ2n) is 6.21. The molecule has 4 rings (SSSR count). The maximum Gasteiger partial charge on any atom is 0.253 e. The molecule has 0 bridgehead atoms. The smallest absolute Gasteiger partial charge is 0.253 e. The molecule has 0 spiro atoms. The predicted octanol–water partition coefficient (Wildman–Crippen LogP) is 3.86. The minimum atomic E-state index is -0.0943. The minimum absolute atomic E-state index is 0.0943. The molecule has 0 aliphatic heterocycles. The summed E-state index contributed by atoms with van der Waals surface area (Å²) in [6, 6.07) is 12.6. The SMILES string of the molecule is COc1ccc(-c2nc(-c3noc4ccc(C(=O)N(C)C)cc34)co2)cc1. The fraction of sp³-hybridized carbons (Fsp3) is 0.150. The third kappa shape index (κ3) is 3.03. The zero-order chi connectivity index (χ0) is 19.0. The number of methoxy groups -OCH3 is 1. The molecule has 136 valence electrons. The Hall–Kier alpha value is -3.61. The summed E-state index contributed by atoms with van der Waals surface area (Å²) in [5.41, 5.74) is 3.01. The number of nitrogens with zero attached hydrogens (tertiary/aromatic N) is 3. The van der Waals surface area contributed by atoms with E-state index in [0.29, 0.717) is 33.8 Å². The molecule has 4 aromatic rings. The van der Waals surface area contributed by atoms with Crippen LogP contribution in [0.1, 0.15) is 10.4 Å². The molecule has 0 saturated heterocycles. The molecule has 0 fully saturated rings. The number of aromatic nitrogens is 2. The van der Waals surface area contributed by atoms with E-state index in [4.69, 9.17) is 13.7 Å². The molecule has 0 aliphatic rings. The van der Waals surface area contributed by atoms with Crippen LogP contribution in [0.3, 0.4) is 0 Å². The highest BCUT2D eigenvalue weighted by Gasteiger charge is 2.18. The van der Waals surface area contributed by atoms with Crippen LogP contribution in [0.15, 0.2) is 57.7 Å². The van der Waals surface area contributed by atoms with Crippen LogP contribution in [0.25, 0.3) is 33.8 Å². The Morgan fingerprint density at radius 1 is 1.11 bits per heavy atom. The summed E-state index contributed by atoms with van der Waals surface area (Å²) in [5, 5.41) is 4.81. The molecule has 0 unspecified atom stereocenters. The van der Waals surface area contributed by atoms with E-state index in [2.05, 4.69) is 10.1 Å². The van der Waals surface area contributed by atoms with Crippen LogP contribution in [0.2, 0.25) is 0 Å². The van der Waals surface area contributed by atoms with Gasteiger partial charge in [-0.05, 0) is 42.5 Å². The fourth-order valence-corrected chi connectivity index (χ4v) is 2.76. The van der Waals surface area contributed by atoms with Crippen molar-refractivity contribution in [1.29, 1.82) is 0 Å². The first-order chi connectivity index (χ1) is 13.1. The lowest BCUT2D eigenvalue weighted by Gasteiger charge is -2.09. The largest absolute Gasteiger partial charge is 0.497 e. The van der Waals surface area contributed by atoms with Crippen molar-refractivity contribution in [2.24, 2.45) is 0 Å². The van der Waals surface area contributed by atoms with E-state index in [9.17, 15) is 4.79 Å². The van der Waals surface area contributed by atoms with E-state index < -0.39 is 0 Å². The number of fused-ring (bicyclic) bond motifs is 1. The van der Waals surface area contributed by atoms with E-state index >= 15 is 0 Å². The lowest BCUT2D eigenvalue weighted by Crippen LogP contribution is -2.21. The molecule has 2 heterocycles. The first-order valence-electron chi connectivity index (χ1n) is 8.28. The van der Waals surface area contributed by atoms with Gasteiger partial charge in [-0.1, -0.05) is 5.16 Å². The molecular formula is C20H17N3O4. The zero-order valence-corrected chi connectivity index (χ0v) is 15.1. The summed E-state index contributed by atoms with van der Waals surface area (Å²) >= 11 is 0. The summed E-state index contributed by atoms with van der Waals surface area (Å²) < 4.78 is 16.1. The number of benzene rings is 2. The van der Waals surface area contributed by atoms with Crippen LogP contribution in [-0.4, -0.2) is 42.2 Å². The molecule has 1 amide bonds. The number of hydrogen-bond donors (Lipinski definition) is 0. The third-order valence-electron chi connectivity index (χ3n) is 4.21. The van der Waals surface area contributed by atoms with Gasteiger partial charge in [0.1, 0.15) is 23.4 Å². The van der Waals surface area contributed by atoms with E-state index in [-0.39, 0.29) is 5.91 Å². The maximum absolute atomic E-state index is 12.2. The van der Waals surface area contributed by atoms with Gasteiger partial charge in [0.05, 0.1) is 12.5 Å².